The fourth-order valence-corrected chi connectivity index (χ4v) is 3.24. The third kappa shape index (κ3) is 5.79. The van der Waals surface area contributed by atoms with E-state index >= 15 is 0 Å². The molecular weight excluding hydrogens is 366 g/mol. The van der Waals surface area contributed by atoms with Crippen LogP contribution in [0.1, 0.15) is 25.8 Å². The van der Waals surface area contributed by atoms with Crippen molar-refractivity contribution in [2.75, 3.05) is 23.4 Å². The Morgan fingerprint density at radius 3 is 2.70 bits per heavy atom. The number of anilines is 1. The van der Waals surface area contributed by atoms with Gasteiger partial charge in [-0.15, -0.1) is 11.8 Å². The van der Waals surface area contributed by atoms with Crippen LogP contribution < -0.4 is 10.1 Å². The Bertz CT molecular complexity index is 835. The fourth-order valence-electron chi connectivity index (χ4n) is 2.72. The van der Waals surface area contributed by atoms with E-state index in [9.17, 15) is 14.7 Å². The SMILES string of the molecule is Cc1cc(OCCSCC(=O)O)c2c(NC(=O)CC(C)C)cccc2c1O. The molecule has 7 heteroatoms. The molecule has 146 valence electrons. The van der Waals surface area contributed by atoms with E-state index in [0.717, 1.165) is 0 Å². The molecule has 2 aromatic rings. The zero-order chi connectivity index (χ0) is 20.0. The summed E-state index contributed by atoms with van der Waals surface area (Å²) < 4.78 is 5.86. The molecule has 1 amide bonds. The number of carbonyl (C=O) groups excluding carboxylic acids is 1. The number of aliphatic carboxylic acids is 1. The van der Waals surface area contributed by atoms with Crippen molar-refractivity contribution < 1.29 is 24.5 Å². The van der Waals surface area contributed by atoms with Gasteiger partial charge in [0.05, 0.1) is 23.4 Å². The maximum absolute atomic E-state index is 12.2. The highest BCUT2D eigenvalue weighted by molar-refractivity contribution is 7.99. The quantitative estimate of drug-likeness (QED) is 0.559. The van der Waals surface area contributed by atoms with E-state index in [1.807, 2.05) is 13.8 Å². The first-order valence-electron chi connectivity index (χ1n) is 8.77. The molecule has 2 rings (SSSR count). The number of carboxylic acid groups (broad SMARTS) is 1. The number of thioether (sulfide) groups is 1. The van der Waals surface area contributed by atoms with Crippen molar-refractivity contribution in [3.63, 3.8) is 0 Å². The predicted molar refractivity (Wildman–Crippen MR) is 109 cm³/mol. The molecule has 6 nitrogen and oxygen atoms in total. The van der Waals surface area contributed by atoms with E-state index in [-0.39, 0.29) is 23.3 Å². The second-order valence-electron chi connectivity index (χ2n) is 6.71. The number of fused-ring (bicyclic) bond motifs is 1. The van der Waals surface area contributed by atoms with Crippen LogP contribution in [0, 0.1) is 12.8 Å². The second kappa shape index (κ2) is 9.50. The lowest BCUT2D eigenvalue weighted by molar-refractivity contribution is -0.133. The topological polar surface area (TPSA) is 95.9 Å². The van der Waals surface area contributed by atoms with Crippen LogP contribution in [0.15, 0.2) is 24.3 Å². The predicted octanol–water partition coefficient (Wildman–Crippen LogP) is 4.04. The fraction of sp³-hybridized carbons (Fsp3) is 0.400. The smallest absolute Gasteiger partial charge is 0.313 e. The Hall–Kier alpha value is -2.41. The van der Waals surface area contributed by atoms with Crippen LogP contribution in [-0.2, 0) is 9.59 Å². The van der Waals surface area contributed by atoms with Crippen LogP contribution in [0.25, 0.3) is 10.8 Å². The number of phenols is 1. The van der Waals surface area contributed by atoms with Crippen molar-refractivity contribution in [2.24, 2.45) is 5.92 Å². The van der Waals surface area contributed by atoms with E-state index in [0.29, 0.717) is 46.6 Å². The number of amides is 1. The maximum atomic E-state index is 12.2. The maximum Gasteiger partial charge on any atom is 0.313 e. The number of nitrogens with one attached hydrogen (secondary N) is 1. The Morgan fingerprint density at radius 2 is 2.04 bits per heavy atom. The number of aromatic hydroxyl groups is 1. The van der Waals surface area contributed by atoms with Gasteiger partial charge in [-0.25, -0.2) is 0 Å². The highest BCUT2D eigenvalue weighted by Gasteiger charge is 2.16. The van der Waals surface area contributed by atoms with Crippen LogP contribution >= 0.6 is 11.8 Å². The normalized spacial score (nSPS) is 11.0. The zero-order valence-corrected chi connectivity index (χ0v) is 16.6. The van der Waals surface area contributed by atoms with E-state index in [2.05, 4.69) is 5.32 Å². The van der Waals surface area contributed by atoms with E-state index in [1.54, 1.807) is 31.2 Å². The van der Waals surface area contributed by atoms with Crippen molar-refractivity contribution >= 4 is 40.1 Å². The van der Waals surface area contributed by atoms with Gasteiger partial charge in [-0.3, -0.25) is 9.59 Å². The Labute approximate surface area is 162 Å². The lowest BCUT2D eigenvalue weighted by Crippen LogP contribution is -2.14. The molecule has 0 saturated carbocycles. The van der Waals surface area contributed by atoms with Crippen molar-refractivity contribution in [1.29, 1.82) is 0 Å². The third-order valence-corrected chi connectivity index (χ3v) is 4.77. The molecule has 0 aromatic heterocycles. The van der Waals surface area contributed by atoms with Gasteiger partial charge in [-0.05, 0) is 30.5 Å². The van der Waals surface area contributed by atoms with Crippen molar-refractivity contribution in [1.82, 2.24) is 0 Å². The zero-order valence-electron chi connectivity index (χ0n) is 15.7. The largest absolute Gasteiger partial charge is 0.507 e. The second-order valence-corrected chi connectivity index (χ2v) is 7.81. The van der Waals surface area contributed by atoms with E-state index in [4.69, 9.17) is 9.84 Å². The highest BCUT2D eigenvalue weighted by atomic mass is 32.2. The minimum Gasteiger partial charge on any atom is -0.507 e. The van der Waals surface area contributed by atoms with Gasteiger partial charge in [0.2, 0.25) is 5.91 Å². The van der Waals surface area contributed by atoms with Crippen molar-refractivity contribution in [3.05, 3.63) is 29.8 Å². The number of hydrogen-bond acceptors (Lipinski definition) is 5. The number of phenolic OH excluding ortho intramolecular Hbond substituents is 1. The number of ether oxygens (including phenoxy) is 1. The summed E-state index contributed by atoms with van der Waals surface area (Å²) in [5.74, 6) is 0.526. The number of benzene rings is 2. The van der Waals surface area contributed by atoms with Gasteiger partial charge in [0.25, 0.3) is 0 Å². The molecule has 0 spiro atoms. The Balaban J connectivity index is 2.30. The van der Waals surface area contributed by atoms with Gasteiger partial charge in [0, 0.05) is 17.6 Å². The summed E-state index contributed by atoms with van der Waals surface area (Å²) in [7, 11) is 0. The first-order chi connectivity index (χ1) is 12.8. The number of aryl methyl sites for hydroxylation is 1. The minimum absolute atomic E-state index is 0.0230. The van der Waals surface area contributed by atoms with Crippen LogP contribution in [0.2, 0.25) is 0 Å². The molecule has 0 aliphatic rings. The Morgan fingerprint density at radius 1 is 1.30 bits per heavy atom. The lowest BCUT2D eigenvalue weighted by atomic mass is 10.0. The molecule has 0 aliphatic heterocycles. The van der Waals surface area contributed by atoms with Gasteiger partial charge in [0.1, 0.15) is 11.5 Å². The molecule has 0 fully saturated rings. The molecular formula is C20H25NO5S. The average Bonchev–Trinajstić information content (AvgIpc) is 2.57. The number of rotatable bonds is 9. The summed E-state index contributed by atoms with van der Waals surface area (Å²) in [5.41, 5.74) is 1.25. The standard InChI is InChI=1S/C20H25NO5S/c1-12(2)9-17(22)21-15-6-4-5-14-19(15)16(10-13(3)20(14)25)26-7-8-27-11-18(23)24/h4-6,10,12,25H,7-9,11H2,1-3H3,(H,21,22)(H,23,24). The summed E-state index contributed by atoms with van der Waals surface area (Å²) in [6, 6.07) is 7.07. The lowest BCUT2D eigenvalue weighted by Gasteiger charge is -2.16. The molecule has 2 aromatic carbocycles. The van der Waals surface area contributed by atoms with Gasteiger partial charge >= 0.3 is 5.97 Å². The first-order valence-corrected chi connectivity index (χ1v) is 9.92. The minimum atomic E-state index is -0.860. The molecule has 0 aliphatic carbocycles. The van der Waals surface area contributed by atoms with Gasteiger partial charge in [-0.2, -0.15) is 0 Å². The van der Waals surface area contributed by atoms with Gasteiger partial charge < -0.3 is 20.3 Å². The summed E-state index contributed by atoms with van der Waals surface area (Å²) in [4.78, 5) is 22.8. The van der Waals surface area contributed by atoms with Crippen molar-refractivity contribution in [2.45, 2.75) is 27.2 Å². The molecule has 0 unspecified atom stereocenters. The summed E-state index contributed by atoms with van der Waals surface area (Å²) in [6.07, 6.45) is 0.399. The third-order valence-electron chi connectivity index (χ3n) is 3.87. The summed E-state index contributed by atoms with van der Waals surface area (Å²) in [6.45, 7) is 6.05. The van der Waals surface area contributed by atoms with Crippen LogP contribution in [0.4, 0.5) is 5.69 Å². The van der Waals surface area contributed by atoms with Crippen LogP contribution in [0.3, 0.4) is 0 Å². The molecule has 0 atom stereocenters. The first kappa shape index (κ1) is 20.9. The van der Waals surface area contributed by atoms with Crippen LogP contribution in [-0.4, -0.2) is 40.2 Å². The molecule has 0 saturated heterocycles. The highest BCUT2D eigenvalue weighted by Crippen LogP contribution is 2.40. The number of carbonyl (C=O) groups is 2. The van der Waals surface area contributed by atoms with Crippen molar-refractivity contribution in [3.8, 4) is 11.5 Å². The molecule has 0 bridgehead atoms. The average molecular weight is 391 g/mol. The molecule has 0 heterocycles. The molecule has 3 N–H and O–H groups in total. The molecule has 0 radical (unpaired) electrons. The summed E-state index contributed by atoms with van der Waals surface area (Å²) >= 11 is 1.27. The number of carboxylic acids is 1. The monoisotopic (exact) mass is 391 g/mol. The summed E-state index contributed by atoms with van der Waals surface area (Å²) in [5, 5.41) is 23.3. The number of hydrogen-bond donors (Lipinski definition) is 3. The molecule has 27 heavy (non-hydrogen) atoms. The van der Waals surface area contributed by atoms with E-state index in [1.165, 1.54) is 11.8 Å². The van der Waals surface area contributed by atoms with Crippen LogP contribution in [0.5, 0.6) is 11.5 Å². The van der Waals surface area contributed by atoms with E-state index < -0.39 is 5.97 Å². The van der Waals surface area contributed by atoms with Gasteiger partial charge in [-0.1, -0.05) is 26.0 Å². The van der Waals surface area contributed by atoms with Gasteiger partial charge in [0.15, 0.2) is 0 Å². The Kier molecular flexibility index (Phi) is 7.36.